The number of rotatable bonds is 3. The molecule has 1 aliphatic heterocycles. The summed E-state index contributed by atoms with van der Waals surface area (Å²) in [5, 5.41) is 5.88. The van der Waals surface area contributed by atoms with Gasteiger partial charge in [-0.15, -0.1) is 0 Å². The van der Waals surface area contributed by atoms with Gasteiger partial charge >= 0.3 is 0 Å². The van der Waals surface area contributed by atoms with E-state index in [1.807, 2.05) is 18.5 Å². The van der Waals surface area contributed by atoms with Gasteiger partial charge in [0.05, 0.1) is 11.2 Å². The molecule has 3 aromatic rings. The van der Waals surface area contributed by atoms with E-state index in [0.717, 1.165) is 57.5 Å². The molecule has 0 spiro atoms. The van der Waals surface area contributed by atoms with Crippen LogP contribution in [0.1, 0.15) is 0 Å². The lowest BCUT2D eigenvalue weighted by atomic mass is 10.1. The Bertz CT molecular complexity index is 861. The highest BCUT2D eigenvalue weighted by atomic mass is 31.1. The molecule has 1 aromatic carbocycles. The zero-order valence-corrected chi connectivity index (χ0v) is 14.7. The van der Waals surface area contributed by atoms with Crippen molar-refractivity contribution in [3.63, 3.8) is 0 Å². The van der Waals surface area contributed by atoms with Gasteiger partial charge in [0.2, 0.25) is 5.95 Å². The molecule has 1 N–H and O–H groups in total. The molecule has 24 heavy (non-hydrogen) atoms. The normalized spacial score (nSPS) is 15.5. The van der Waals surface area contributed by atoms with Gasteiger partial charge in [0.25, 0.3) is 0 Å². The number of nitrogens with one attached hydrogen (secondary N) is 1. The Morgan fingerprint density at radius 2 is 1.96 bits per heavy atom. The molecule has 0 bridgehead atoms. The fraction of sp³-hybridized carbons (Fsp3) is 0.278. The number of pyridine rings is 1. The Kier molecular flexibility index (Phi) is 4.37. The largest absolute Gasteiger partial charge is 0.338 e. The van der Waals surface area contributed by atoms with E-state index in [2.05, 4.69) is 51.1 Å². The molecule has 1 aliphatic rings. The van der Waals surface area contributed by atoms with Crippen molar-refractivity contribution in [2.75, 3.05) is 37.7 Å². The third-order valence-electron chi connectivity index (χ3n) is 4.31. The van der Waals surface area contributed by atoms with Crippen LogP contribution < -0.4 is 15.5 Å². The Labute approximate surface area is 143 Å². The Morgan fingerprint density at radius 1 is 1.08 bits per heavy atom. The first kappa shape index (κ1) is 15.4. The first-order chi connectivity index (χ1) is 11.8. The number of aromatic nitrogens is 3. The molecular weight excluding hydrogens is 317 g/mol. The minimum atomic E-state index is 0.791. The van der Waals surface area contributed by atoms with Gasteiger partial charge in [-0.2, -0.15) is 0 Å². The summed E-state index contributed by atoms with van der Waals surface area (Å²) in [6, 6.07) is 10.6. The molecule has 1 saturated heterocycles. The lowest BCUT2D eigenvalue weighted by molar-refractivity contribution is 0.580. The average molecular weight is 337 g/mol. The Morgan fingerprint density at radius 3 is 2.79 bits per heavy atom. The van der Waals surface area contributed by atoms with Gasteiger partial charge in [0, 0.05) is 49.5 Å². The third kappa shape index (κ3) is 3.10. The van der Waals surface area contributed by atoms with Gasteiger partial charge in [0.15, 0.2) is 0 Å². The summed E-state index contributed by atoms with van der Waals surface area (Å²) in [5.41, 5.74) is 2.99. The van der Waals surface area contributed by atoms with Crippen LogP contribution in [-0.2, 0) is 0 Å². The summed E-state index contributed by atoms with van der Waals surface area (Å²) in [7, 11) is 0.791. The fourth-order valence-electron chi connectivity index (χ4n) is 2.95. The molecule has 6 heteroatoms. The maximum absolute atomic E-state index is 4.76. The van der Waals surface area contributed by atoms with E-state index in [4.69, 9.17) is 4.98 Å². The van der Waals surface area contributed by atoms with E-state index >= 15 is 0 Å². The predicted molar refractivity (Wildman–Crippen MR) is 102 cm³/mol. The van der Waals surface area contributed by atoms with Gasteiger partial charge in [0.1, 0.15) is 0 Å². The van der Waals surface area contributed by atoms with Crippen LogP contribution in [-0.4, -0.2) is 47.8 Å². The number of piperazine rings is 1. The quantitative estimate of drug-likeness (QED) is 0.741. The number of anilines is 1. The lowest BCUT2D eigenvalue weighted by Crippen LogP contribution is -2.44. The van der Waals surface area contributed by atoms with Crippen LogP contribution in [0.2, 0.25) is 0 Å². The molecular formula is C18H20N5P. The van der Waals surface area contributed by atoms with Crippen LogP contribution in [0.4, 0.5) is 5.95 Å². The molecule has 0 aliphatic carbocycles. The van der Waals surface area contributed by atoms with E-state index in [1.165, 1.54) is 10.7 Å². The second kappa shape index (κ2) is 6.80. The van der Waals surface area contributed by atoms with Crippen LogP contribution in [0, 0.1) is 0 Å². The molecule has 1 atom stereocenters. The summed E-state index contributed by atoms with van der Waals surface area (Å²) in [4.78, 5) is 16.0. The number of fused-ring (bicyclic) bond motifs is 1. The van der Waals surface area contributed by atoms with Crippen molar-refractivity contribution in [3.05, 3.63) is 42.7 Å². The predicted octanol–water partition coefficient (Wildman–Crippen LogP) is 2.03. The number of hydrogen-bond donors (Lipinski definition) is 1. The fourth-order valence-corrected chi connectivity index (χ4v) is 3.50. The maximum Gasteiger partial charge on any atom is 0.225 e. The molecule has 0 radical (unpaired) electrons. The SMILES string of the molecule is CPc1ccc2ncc(-c3ccnc(N4CCNCC4)n3)cc2c1. The standard InChI is InChI=1S/C18H20N5P/c1-24-15-2-3-16-13(11-15)10-14(12-21-16)17-4-5-20-18(22-17)23-8-6-19-7-9-23/h2-5,10-12,19,24H,6-9H2,1H3. The van der Waals surface area contributed by atoms with Crippen LogP contribution in [0.15, 0.2) is 42.7 Å². The first-order valence-electron chi connectivity index (χ1n) is 8.20. The van der Waals surface area contributed by atoms with E-state index in [0.29, 0.717) is 0 Å². The first-order valence-corrected chi connectivity index (χ1v) is 9.70. The van der Waals surface area contributed by atoms with Crippen LogP contribution in [0.5, 0.6) is 0 Å². The van der Waals surface area contributed by atoms with Crippen molar-refractivity contribution in [2.45, 2.75) is 0 Å². The highest BCUT2D eigenvalue weighted by molar-refractivity contribution is 7.46. The van der Waals surface area contributed by atoms with Crippen molar-refractivity contribution in [1.29, 1.82) is 0 Å². The van der Waals surface area contributed by atoms with E-state index in [-0.39, 0.29) is 0 Å². The summed E-state index contributed by atoms with van der Waals surface area (Å²) < 4.78 is 0. The minimum absolute atomic E-state index is 0.791. The molecule has 5 nitrogen and oxygen atoms in total. The zero-order chi connectivity index (χ0) is 16.4. The maximum atomic E-state index is 4.76. The van der Waals surface area contributed by atoms with Crippen LogP contribution in [0.3, 0.4) is 0 Å². The van der Waals surface area contributed by atoms with Crippen molar-refractivity contribution in [2.24, 2.45) is 0 Å². The number of hydrogen-bond acceptors (Lipinski definition) is 5. The zero-order valence-electron chi connectivity index (χ0n) is 13.7. The van der Waals surface area contributed by atoms with Gasteiger partial charge in [-0.3, -0.25) is 4.98 Å². The Balaban J connectivity index is 1.71. The smallest absolute Gasteiger partial charge is 0.225 e. The minimum Gasteiger partial charge on any atom is -0.338 e. The van der Waals surface area contributed by atoms with E-state index in [1.54, 1.807) is 0 Å². The van der Waals surface area contributed by atoms with Gasteiger partial charge in [-0.25, -0.2) is 9.97 Å². The molecule has 3 heterocycles. The summed E-state index contributed by atoms with van der Waals surface area (Å²) in [6.45, 7) is 6.04. The third-order valence-corrected chi connectivity index (χ3v) is 5.20. The molecule has 0 amide bonds. The molecule has 4 rings (SSSR count). The average Bonchev–Trinajstić information content (AvgIpc) is 2.68. The summed E-state index contributed by atoms with van der Waals surface area (Å²) in [6.07, 6.45) is 3.74. The van der Waals surface area contributed by atoms with Gasteiger partial charge in [-0.05, 0) is 36.2 Å². The van der Waals surface area contributed by atoms with Crippen molar-refractivity contribution >= 4 is 30.7 Å². The van der Waals surface area contributed by atoms with Crippen LogP contribution >= 0.6 is 8.58 Å². The molecule has 122 valence electrons. The monoisotopic (exact) mass is 337 g/mol. The molecule has 0 saturated carbocycles. The molecule has 1 fully saturated rings. The van der Waals surface area contributed by atoms with Crippen LogP contribution in [0.25, 0.3) is 22.2 Å². The van der Waals surface area contributed by atoms with Gasteiger partial charge < -0.3 is 10.2 Å². The highest BCUT2D eigenvalue weighted by Crippen LogP contribution is 2.23. The summed E-state index contributed by atoms with van der Waals surface area (Å²) in [5.74, 6) is 0.804. The van der Waals surface area contributed by atoms with Crippen molar-refractivity contribution < 1.29 is 0 Å². The second-order valence-electron chi connectivity index (χ2n) is 5.86. The van der Waals surface area contributed by atoms with Crippen molar-refractivity contribution in [3.8, 4) is 11.3 Å². The van der Waals surface area contributed by atoms with E-state index < -0.39 is 0 Å². The Hall–Kier alpha value is -2.10. The number of benzene rings is 1. The second-order valence-corrected chi connectivity index (χ2v) is 6.94. The summed E-state index contributed by atoms with van der Waals surface area (Å²) >= 11 is 0. The van der Waals surface area contributed by atoms with E-state index in [9.17, 15) is 0 Å². The number of nitrogens with zero attached hydrogens (tertiary/aromatic N) is 4. The van der Waals surface area contributed by atoms with Crippen molar-refractivity contribution in [1.82, 2.24) is 20.3 Å². The lowest BCUT2D eigenvalue weighted by Gasteiger charge is -2.27. The highest BCUT2D eigenvalue weighted by Gasteiger charge is 2.14. The molecule has 2 aromatic heterocycles. The van der Waals surface area contributed by atoms with Gasteiger partial charge in [-0.1, -0.05) is 14.6 Å². The molecule has 1 unspecified atom stereocenters. The topological polar surface area (TPSA) is 53.9 Å².